The number of benzene rings is 1. The molecule has 0 fully saturated rings. The average Bonchev–Trinajstić information content (AvgIpc) is 2.30. The van der Waals surface area contributed by atoms with E-state index in [1.807, 2.05) is 6.92 Å². The number of nitrogens with one attached hydrogen (secondary N) is 1. The van der Waals surface area contributed by atoms with E-state index in [1.54, 1.807) is 12.3 Å². The Morgan fingerprint density at radius 1 is 1.22 bits per heavy atom. The number of aryl methyl sites for hydroxylation is 1. The molecule has 0 saturated carbocycles. The van der Waals surface area contributed by atoms with Crippen LogP contribution in [0.3, 0.4) is 0 Å². The third kappa shape index (κ3) is 2.64. The summed E-state index contributed by atoms with van der Waals surface area (Å²) >= 11 is 6.50. The summed E-state index contributed by atoms with van der Waals surface area (Å²) in [6.07, 6.45) is 3.17. The summed E-state index contributed by atoms with van der Waals surface area (Å²) in [7, 11) is 0. The molecule has 0 spiro atoms. The summed E-state index contributed by atoms with van der Waals surface area (Å²) < 4.78 is 14.7. The fourth-order valence-electron chi connectivity index (χ4n) is 1.50. The van der Waals surface area contributed by atoms with Crippen molar-refractivity contribution in [3.05, 3.63) is 44.9 Å². The molecule has 3 nitrogen and oxygen atoms in total. The molecule has 0 aliphatic rings. The predicted octanol–water partition coefficient (Wildman–Crippen LogP) is 4.38. The van der Waals surface area contributed by atoms with Gasteiger partial charge in [0.2, 0.25) is 0 Å². The van der Waals surface area contributed by atoms with Crippen LogP contribution in [-0.2, 0) is 0 Å². The minimum Gasteiger partial charge on any atom is -0.396 e. The molecule has 94 valence electrons. The number of hydrogen-bond acceptors (Lipinski definition) is 3. The molecule has 0 unspecified atom stereocenters. The van der Waals surface area contributed by atoms with Crippen LogP contribution in [0, 0.1) is 12.7 Å². The van der Waals surface area contributed by atoms with Crippen LogP contribution in [-0.4, -0.2) is 4.98 Å². The quantitative estimate of drug-likeness (QED) is 0.820. The first kappa shape index (κ1) is 13.3. The molecule has 0 bridgehead atoms. The van der Waals surface area contributed by atoms with Crippen molar-refractivity contribution in [2.75, 3.05) is 11.1 Å². The van der Waals surface area contributed by atoms with Gasteiger partial charge >= 0.3 is 0 Å². The van der Waals surface area contributed by atoms with Crippen molar-refractivity contribution in [1.29, 1.82) is 0 Å². The molecular formula is C12H10Br2FN3. The summed E-state index contributed by atoms with van der Waals surface area (Å²) in [5.74, 6) is -0.327. The van der Waals surface area contributed by atoms with Gasteiger partial charge in [0, 0.05) is 11.9 Å². The van der Waals surface area contributed by atoms with Gasteiger partial charge in [-0.2, -0.15) is 0 Å². The molecule has 2 rings (SSSR count). The first-order chi connectivity index (χ1) is 8.49. The van der Waals surface area contributed by atoms with Crippen molar-refractivity contribution in [3.8, 4) is 0 Å². The number of nitrogens with zero attached hydrogens (tertiary/aromatic N) is 1. The van der Waals surface area contributed by atoms with Crippen molar-refractivity contribution in [3.63, 3.8) is 0 Å². The third-order valence-electron chi connectivity index (χ3n) is 2.46. The van der Waals surface area contributed by atoms with E-state index in [0.717, 1.165) is 10.0 Å². The number of pyridine rings is 1. The van der Waals surface area contributed by atoms with Crippen LogP contribution in [0.1, 0.15) is 5.56 Å². The standard InChI is InChI=1S/C12H10Br2FN3/c1-6-2-7(13)9(15)3-11(6)18-12-8(14)4-17-5-10(12)16/h2-5H,16H2,1H3,(H,17,18). The molecule has 2 aromatic rings. The molecule has 1 heterocycles. The smallest absolute Gasteiger partial charge is 0.139 e. The zero-order valence-corrected chi connectivity index (χ0v) is 12.6. The number of nitrogens with two attached hydrogens (primary N) is 1. The Bertz CT molecular complexity index is 582. The van der Waals surface area contributed by atoms with E-state index < -0.39 is 0 Å². The van der Waals surface area contributed by atoms with Crippen molar-refractivity contribution in [2.24, 2.45) is 0 Å². The van der Waals surface area contributed by atoms with Gasteiger partial charge in [0.05, 0.1) is 26.5 Å². The van der Waals surface area contributed by atoms with Crippen molar-refractivity contribution in [1.82, 2.24) is 4.98 Å². The molecule has 0 saturated heterocycles. The predicted molar refractivity (Wildman–Crippen MR) is 78.5 cm³/mol. The summed E-state index contributed by atoms with van der Waals surface area (Å²) in [5, 5.41) is 3.10. The van der Waals surface area contributed by atoms with Gasteiger partial charge in [-0.25, -0.2) is 4.39 Å². The molecule has 1 aromatic heterocycles. The van der Waals surface area contributed by atoms with Gasteiger partial charge in [0.1, 0.15) is 5.82 Å². The van der Waals surface area contributed by atoms with E-state index in [4.69, 9.17) is 5.73 Å². The van der Waals surface area contributed by atoms with Gasteiger partial charge in [-0.05, 0) is 56.5 Å². The van der Waals surface area contributed by atoms with E-state index in [1.165, 1.54) is 12.3 Å². The fourth-order valence-corrected chi connectivity index (χ4v) is 2.40. The summed E-state index contributed by atoms with van der Waals surface area (Å²) in [6.45, 7) is 1.89. The maximum Gasteiger partial charge on any atom is 0.139 e. The zero-order chi connectivity index (χ0) is 13.3. The highest BCUT2D eigenvalue weighted by atomic mass is 79.9. The maximum atomic E-state index is 13.5. The monoisotopic (exact) mass is 373 g/mol. The van der Waals surface area contributed by atoms with Gasteiger partial charge in [-0.3, -0.25) is 4.98 Å². The molecule has 0 atom stereocenters. The second-order valence-corrected chi connectivity index (χ2v) is 5.50. The SMILES string of the molecule is Cc1cc(Br)c(F)cc1Nc1c(N)cncc1Br. The molecule has 1 aromatic carbocycles. The van der Waals surface area contributed by atoms with Crippen LogP contribution in [0.2, 0.25) is 0 Å². The van der Waals surface area contributed by atoms with E-state index in [0.29, 0.717) is 21.5 Å². The largest absolute Gasteiger partial charge is 0.396 e. The Balaban J connectivity index is 2.43. The average molecular weight is 375 g/mol. The minimum absolute atomic E-state index is 0.327. The van der Waals surface area contributed by atoms with Crippen molar-refractivity contribution in [2.45, 2.75) is 6.92 Å². The first-order valence-electron chi connectivity index (χ1n) is 5.10. The molecule has 6 heteroatoms. The second kappa shape index (κ2) is 5.24. The van der Waals surface area contributed by atoms with Crippen LogP contribution in [0.25, 0.3) is 0 Å². The highest BCUT2D eigenvalue weighted by molar-refractivity contribution is 9.10. The topological polar surface area (TPSA) is 50.9 Å². The van der Waals surface area contributed by atoms with Crippen LogP contribution in [0.5, 0.6) is 0 Å². The van der Waals surface area contributed by atoms with Crippen LogP contribution in [0.4, 0.5) is 21.5 Å². The van der Waals surface area contributed by atoms with Gasteiger partial charge in [0.15, 0.2) is 0 Å². The Labute approximate surface area is 121 Å². The summed E-state index contributed by atoms with van der Waals surface area (Å²) in [5.41, 5.74) is 8.57. The lowest BCUT2D eigenvalue weighted by molar-refractivity contribution is 0.621. The Morgan fingerprint density at radius 3 is 2.61 bits per heavy atom. The van der Waals surface area contributed by atoms with E-state index in [2.05, 4.69) is 42.2 Å². The Hall–Kier alpha value is -1.14. The number of halogens is 3. The van der Waals surface area contributed by atoms with Crippen molar-refractivity contribution >= 4 is 48.9 Å². The van der Waals surface area contributed by atoms with Gasteiger partial charge in [0.25, 0.3) is 0 Å². The van der Waals surface area contributed by atoms with E-state index in [-0.39, 0.29) is 5.82 Å². The highest BCUT2D eigenvalue weighted by Crippen LogP contribution is 2.33. The number of aromatic nitrogens is 1. The lowest BCUT2D eigenvalue weighted by Crippen LogP contribution is -2.00. The maximum absolute atomic E-state index is 13.5. The normalized spacial score (nSPS) is 10.4. The molecular weight excluding hydrogens is 365 g/mol. The molecule has 0 amide bonds. The first-order valence-corrected chi connectivity index (χ1v) is 6.69. The molecule has 0 aliphatic carbocycles. The van der Waals surface area contributed by atoms with Crippen LogP contribution < -0.4 is 11.1 Å². The Kier molecular flexibility index (Phi) is 3.87. The molecule has 18 heavy (non-hydrogen) atoms. The molecule has 0 aliphatic heterocycles. The number of nitrogen functional groups attached to an aromatic ring is 1. The van der Waals surface area contributed by atoms with E-state index in [9.17, 15) is 4.39 Å². The Morgan fingerprint density at radius 2 is 1.94 bits per heavy atom. The highest BCUT2D eigenvalue weighted by Gasteiger charge is 2.09. The van der Waals surface area contributed by atoms with Crippen molar-refractivity contribution < 1.29 is 4.39 Å². The molecule has 3 N–H and O–H groups in total. The second-order valence-electron chi connectivity index (χ2n) is 3.79. The minimum atomic E-state index is -0.327. The molecule has 0 radical (unpaired) electrons. The number of rotatable bonds is 2. The summed E-state index contributed by atoms with van der Waals surface area (Å²) in [4.78, 5) is 3.95. The zero-order valence-electron chi connectivity index (χ0n) is 9.47. The van der Waals surface area contributed by atoms with E-state index >= 15 is 0 Å². The summed E-state index contributed by atoms with van der Waals surface area (Å²) in [6, 6.07) is 3.13. The van der Waals surface area contributed by atoms with Crippen LogP contribution in [0.15, 0.2) is 33.5 Å². The third-order valence-corrected chi connectivity index (χ3v) is 3.66. The van der Waals surface area contributed by atoms with Gasteiger partial charge in [-0.1, -0.05) is 0 Å². The number of hydrogen-bond donors (Lipinski definition) is 2. The lowest BCUT2D eigenvalue weighted by Gasteiger charge is -2.13. The fraction of sp³-hybridized carbons (Fsp3) is 0.0833. The lowest BCUT2D eigenvalue weighted by atomic mass is 10.2. The van der Waals surface area contributed by atoms with Gasteiger partial charge < -0.3 is 11.1 Å². The van der Waals surface area contributed by atoms with Gasteiger partial charge in [-0.15, -0.1) is 0 Å². The van der Waals surface area contributed by atoms with Crippen LogP contribution >= 0.6 is 31.9 Å². The number of anilines is 3.